The molecule has 7 heteroatoms. The van der Waals surface area contributed by atoms with Gasteiger partial charge in [-0.05, 0) is 49.2 Å². The summed E-state index contributed by atoms with van der Waals surface area (Å²) in [5.74, 6) is 1.26. The van der Waals surface area contributed by atoms with Gasteiger partial charge in [-0.1, -0.05) is 37.6 Å². The maximum atomic E-state index is 12.0. The van der Waals surface area contributed by atoms with Gasteiger partial charge in [0.25, 0.3) is 10.0 Å². The SMILES string of the molecule is CCCCNCc1cccc(OCCCNC2=NS(=O)(=O)c3ccccc32)c1. The van der Waals surface area contributed by atoms with Crippen molar-refractivity contribution < 1.29 is 13.2 Å². The number of rotatable bonds is 10. The highest BCUT2D eigenvalue weighted by Crippen LogP contribution is 2.24. The van der Waals surface area contributed by atoms with E-state index in [0.29, 0.717) is 24.6 Å². The first-order valence-electron chi connectivity index (χ1n) is 9.71. The van der Waals surface area contributed by atoms with E-state index in [9.17, 15) is 8.42 Å². The van der Waals surface area contributed by atoms with E-state index >= 15 is 0 Å². The van der Waals surface area contributed by atoms with Crippen molar-refractivity contribution >= 4 is 15.9 Å². The quantitative estimate of drug-likeness (QED) is 0.598. The van der Waals surface area contributed by atoms with Gasteiger partial charge in [0, 0.05) is 18.7 Å². The summed E-state index contributed by atoms with van der Waals surface area (Å²) in [5.41, 5.74) is 1.83. The summed E-state index contributed by atoms with van der Waals surface area (Å²) < 4.78 is 33.7. The number of ether oxygens (including phenoxy) is 1. The molecule has 0 atom stereocenters. The van der Waals surface area contributed by atoms with Crippen LogP contribution in [0.5, 0.6) is 5.75 Å². The molecule has 0 bridgehead atoms. The standard InChI is InChI=1S/C21H27N3O3S/c1-2-3-12-22-16-17-8-6-9-18(15-17)27-14-7-13-23-21-19-10-4-5-11-20(19)28(25,26)24-21/h4-6,8-11,15,22H,2-3,7,12-14,16H2,1H3,(H,23,24). The number of fused-ring (bicyclic) bond motifs is 1. The van der Waals surface area contributed by atoms with E-state index in [1.54, 1.807) is 18.2 Å². The van der Waals surface area contributed by atoms with Crippen LogP contribution in [-0.2, 0) is 16.6 Å². The number of benzene rings is 2. The third-order valence-corrected chi connectivity index (χ3v) is 5.78. The zero-order valence-corrected chi connectivity index (χ0v) is 17.0. The van der Waals surface area contributed by atoms with Crippen molar-refractivity contribution in [3.05, 3.63) is 59.7 Å². The molecule has 0 saturated carbocycles. The number of hydrogen-bond acceptors (Lipinski definition) is 5. The summed E-state index contributed by atoms with van der Waals surface area (Å²) in [6.45, 7) is 5.17. The predicted molar refractivity (Wildman–Crippen MR) is 111 cm³/mol. The maximum Gasteiger partial charge on any atom is 0.285 e. The lowest BCUT2D eigenvalue weighted by Crippen LogP contribution is -2.25. The van der Waals surface area contributed by atoms with E-state index in [1.807, 2.05) is 18.2 Å². The second-order valence-corrected chi connectivity index (χ2v) is 8.29. The Balaban J connectivity index is 1.42. The van der Waals surface area contributed by atoms with Crippen molar-refractivity contribution in [2.24, 2.45) is 4.40 Å². The van der Waals surface area contributed by atoms with Crippen LogP contribution in [0, 0.1) is 0 Å². The molecule has 0 unspecified atom stereocenters. The van der Waals surface area contributed by atoms with Crippen LogP contribution in [0.25, 0.3) is 0 Å². The molecule has 1 heterocycles. The fourth-order valence-corrected chi connectivity index (χ4v) is 4.18. The molecule has 0 amide bonds. The lowest BCUT2D eigenvalue weighted by Gasteiger charge is -2.10. The second kappa shape index (κ2) is 9.71. The summed E-state index contributed by atoms with van der Waals surface area (Å²) in [4.78, 5) is 0.262. The Morgan fingerprint density at radius 3 is 2.75 bits per heavy atom. The van der Waals surface area contributed by atoms with Gasteiger partial charge in [0.05, 0.1) is 6.61 Å². The zero-order chi connectivity index (χ0) is 19.8. The van der Waals surface area contributed by atoms with Crippen LogP contribution in [-0.4, -0.2) is 33.9 Å². The molecule has 2 aromatic carbocycles. The highest BCUT2D eigenvalue weighted by molar-refractivity contribution is 7.90. The minimum absolute atomic E-state index is 0.262. The normalized spacial score (nSPS) is 14.4. The number of unbranched alkanes of at least 4 members (excludes halogenated alkanes) is 1. The minimum atomic E-state index is -3.57. The number of hydrogen-bond donors (Lipinski definition) is 2. The second-order valence-electron chi connectivity index (χ2n) is 6.72. The van der Waals surface area contributed by atoms with E-state index < -0.39 is 10.0 Å². The van der Waals surface area contributed by atoms with Crippen LogP contribution < -0.4 is 15.4 Å². The molecule has 2 N–H and O–H groups in total. The average molecular weight is 402 g/mol. The van der Waals surface area contributed by atoms with Gasteiger partial charge in [-0.2, -0.15) is 8.42 Å². The lowest BCUT2D eigenvalue weighted by atomic mass is 10.2. The van der Waals surface area contributed by atoms with Crippen molar-refractivity contribution in [1.29, 1.82) is 0 Å². The van der Waals surface area contributed by atoms with E-state index in [1.165, 1.54) is 18.4 Å². The first-order valence-corrected chi connectivity index (χ1v) is 11.1. The fourth-order valence-electron chi connectivity index (χ4n) is 2.98. The molecule has 2 aromatic rings. The minimum Gasteiger partial charge on any atom is -0.494 e. The first-order chi connectivity index (χ1) is 13.6. The number of sulfonamides is 1. The zero-order valence-electron chi connectivity index (χ0n) is 16.1. The Labute approximate surface area is 167 Å². The molecule has 28 heavy (non-hydrogen) atoms. The van der Waals surface area contributed by atoms with Crippen molar-refractivity contribution in [1.82, 2.24) is 10.6 Å². The largest absolute Gasteiger partial charge is 0.494 e. The monoisotopic (exact) mass is 401 g/mol. The Hall–Kier alpha value is -2.38. The van der Waals surface area contributed by atoms with Crippen LogP contribution in [0.3, 0.4) is 0 Å². The topological polar surface area (TPSA) is 79.8 Å². The van der Waals surface area contributed by atoms with Crippen molar-refractivity contribution in [3.8, 4) is 5.75 Å². The van der Waals surface area contributed by atoms with E-state index in [0.717, 1.165) is 25.3 Å². The highest BCUT2D eigenvalue weighted by Gasteiger charge is 2.27. The predicted octanol–water partition coefficient (Wildman–Crippen LogP) is 3.08. The van der Waals surface area contributed by atoms with Crippen LogP contribution >= 0.6 is 0 Å². The van der Waals surface area contributed by atoms with Gasteiger partial charge >= 0.3 is 0 Å². The Kier molecular flexibility index (Phi) is 7.06. The Morgan fingerprint density at radius 1 is 1.04 bits per heavy atom. The van der Waals surface area contributed by atoms with Crippen LogP contribution in [0.4, 0.5) is 0 Å². The van der Waals surface area contributed by atoms with Crippen LogP contribution in [0.15, 0.2) is 57.8 Å². The van der Waals surface area contributed by atoms with Crippen molar-refractivity contribution in [2.45, 2.75) is 37.6 Å². The van der Waals surface area contributed by atoms with Gasteiger partial charge in [-0.25, -0.2) is 0 Å². The summed E-state index contributed by atoms with van der Waals surface area (Å²) in [5, 5.41) is 6.54. The van der Waals surface area contributed by atoms with Gasteiger partial charge in [-0.3, -0.25) is 0 Å². The molecule has 1 aliphatic rings. The smallest absolute Gasteiger partial charge is 0.285 e. The van der Waals surface area contributed by atoms with Gasteiger partial charge in [-0.15, -0.1) is 4.40 Å². The van der Waals surface area contributed by atoms with Crippen molar-refractivity contribution in [2.75, 3.05) is 19.7 Å². The van der Waals surface area contributed by atoms with Gasteiger partial charge in [0.1, 0.15) is 16.5 Å². The molecule has 6 nitrogen and oxygen atoms in total. The van der Waals surface area contributed by atoms with E-state index in [-0.39, 0.29) is 4.90 Å². The molecule has 0 aromatic heterocycles. The number of nitrogens with one attached hydrogen (secondary N) is 2. The van der Waals surface area contributed by atoms with Gasteiger partial charge in [0.15, 0.2) is 0 Å². The maximum absolute atomic E-state index is 12.0. The molecular weight excluding hydrogens is 374 g/mol. The van der Waals surface area contributed by atoms with Crippen LogP contribution in [0.1, 0.15) is 37.3 Å². The first kappa shape index (κ1) is 20.4. The van der Waals surface area contributed by atoms with Gasteiger partial charge in [0.2, 0.25) is 0 Å². The molecule has 0 spiro atoms. The molecule has 0 aliphatic carbocycles. The molecule has 0 fully saturated rings. The van der Waals surface area contributed by atoms with E-state index in [4.69, 9.17) is 4.74 Å². The number of amidine groups is 1. The Morgan fingerprint density at radius 2 is 1.89 bits per heavy atom. The molecule has 3 rings (SSSR count). The molecule has 1 aliphatic heterocycles. The summed E-state index contributed by atoms with van der Waals surface area (Å²) in [6.07, 6.45) is 3.11. The lowest BCUT2D eigenvalue weighted by molar-refractivity contribution is 0.311. The summed E-state index contributed by atoms with van der Waals surface area (Å²) in [6, 6.07) is 14.9. The Bertz CT molecular complexity index is 926. The summed E-state index contributed by atoms with van der Waals surface area (Å²) >= 11 is 0. The third kappa shape index (κ3) is 5.33. The fraction of sp³-hybridized carbons (Fsp3) is 0.381. The van der Waals surface area contributed by atoms with E-state index in [2.05, 4.69) is 34.1 Å². The molecular formula is C21H27N3O3S. The summed E-state index contributed by atoms with van der Waals surface area (Å²) in [7, 11) is -3.57. The average Bonchev–Trinajstić information content (AvgIpc) is 2.96. The number of nitrogens with zero attached hydrogens (tertiary/aromatic N) is 1. The van der Waals surface area contributed by atoms with Gasteiger partial charge < -0.3 is 15.4 Å². The molecule has 0 radical (unpaired) electrons. The van der Waals surface area contributed by atoms with Crippen molar-refractivity contribution in [3.63, 3.8) is 0 Å². The molecule has 150 valence electrons. The van der Waals surface area contributed by atoms with Crippen LogP contribution in [0.2, 0.25) is 0 Å². The highest BCUT2D eigenvalue weighted by atomic mass is 32.2. The molecule has 0 saturated heterocycles. The third-order valence-electron chi connectivity index (χ3n) is 4.45.